The van der Waals surface area contributed by atoms with Gasteiger partial charge in [0.1, 0.15) is 0 Å². The van der Waals surface area contributed by atoms with Gasteiger partial charge in [0.15, 0.2) is 0 Å². The van der Waals surface area contributed by atoms with Crippen LogP contribution in [0.15, 0.2) is 0 Å². The van der Waals surface area contributed by atoms with Crippen LogP contribution in [0.1, 0.15) is 46.5 Å². The van der Waals surface area contributed by atoms with Crippen molar-refractivity contribution in [3.05, 3.63) is 0 Å². The first-order valence-corrected chi connectivity index (χ1v) is 10.7. The monoisotopic (exact) mass is 342 g/mol. The van der Waals surface area contributed by atoms with Crippen LogP contribution in [-0.2, 0) is 23.6 Å². The lowest BCUT2D eigenvalue weighted by atomic mass is 9.98. The van der Waals surface area contributed by atoms with Gasteiger partial charge < -0.3 is 29.4 Å². The summed E-state index contributed by atoms with van der Waals surface area (Å²) >= 11 is 7.21. The van der Waals surface area contributed by atoms with Crippen LogP contribution in [-0.4, -0.2) is 29.4 Å². The molecule has 18 heavy (non-hydrogen) atoms. The zero-order valence-electron chi connectivity index (χ0n) is 10.8. The van der Waals surface area contributed by atoms with Crippen molar-refractivity contribution in [2.24, 2.45) is 5.92 Å². The topological polar surface area (TPSA) is 121 Å². The second kappa shape index (κ2) is 13.1. The third-order valence-electron chi connectivity index (χ3n) is 1.85. The zero-order chi connectivity index (χ0) is 15.4. The molecule has 0 saturated carbocycles. The van der Waals surface area contributed by atoms with Crippen LogP contribution >= 0.6 is 13.4 Å². The van der Waals surface area contributed by atoms with E-state index in [1.165, 1.54) is 25.7 Å². The van der Waals surface area contributed by atoms with Crippen LogP contribution in [0.4, 0.5) is 0 Å². The molecule has 10 heteroatoms. The highest BCUT2D eigenvalue weighted by atomic mass is 32.5. The van der Waals surface area contributed by atoms with Gasteiger partial charge in [-0.3, -0.25) is 0 Å². The molecular weight excluding hydrogens is 318 g/mol. The molecule has 0 aliphatic carbocycles. The van der Waals surface area contributed by atoms with Gasteiger partial charge in [0.25, 0.3) is 0 Å². The summed E-state index contributed by atoms with van der Waals surface area (Å²) in [6, 6.07) is 0. The van der Waals surface area contributed by atoms with Crippen LogP contribution in [0.3, 0.4) is 0 Å². The molecular formula is C8H24O6P2S2. The van der Waals surface area contributed by atoms with Crippen molar-refractivity contribution < 1.29 is 29.4 Å². The highest BCUT2D eigenvalue weighted by Gasteiger charge is 1.98. The summed E-state index contributed by atoms with van der Waals surface area (Å²) in [4.78, 5) is 45.3. The first-order chi connectivity index (χ1) is 7.85. The fraction of sp³-hybridized carbons (Fsp3) is 1.00. The van der Waals surface area contributed by atoms with Crippen molar-refractivity contribution in [1.82, 2.24) is 0 Å². The summed E-state index contributed by atoms with van der Waals surface area (Å²) < 4.78 is 0. The first kappa shape index (κ1) is 24.1. The number of hydrogen-bond donors (Lipinski definition) is 6. The van der Waals surface area contributed by atoms with Crippen molar-refractivity contribution in [3.8, 4) is 0 Å². The van der Waals surface area contributed by atoms with Crippen LogP contribution < -0.4 is 0 Å². The summed E-state index contributed by atoms with van der Waals surface area (Å²) in [5.74, 6) is 1.000. The van der Waals surface area contributed by atoms with E-state index in [2.05, 4.69) is 44.4 Å². The van der Waals surface area contributed by atoms with E-state index in [0.29, 0.717) is 0 Å². The Morgan fingerprint density at radius 2 is 1.00 bits per heavy atom. The molecule has 0 saturated heterocycles. The molecule has 0 aliphatic rings. The minimum atomic E-state index is -3.81. The van der Waals surface area contributed by atoms with Gasteiger partial charge in [-0.15, -0.1) is 0 Å². The Kier molecular flexibility index (Phi) is 17.5. The smallest absolute Gasteiger partial charge is 0.319 e. The molecule has 0 rings (SSSR count). The van der Waals surface area contributed by atoms with Gasteiger partial charge in [0, 0.05) is 0 Å². The van der Waals surface area contributed by atoms with Gasteiger partial charge in [-0.25, -0.2) is 0 Å². The van der Waals surface area contributed by atoms with E-state index in [4.69, 9.17) is 29.4 Å². The lowest BCUT2D eigenvalue weighted by Crippen LogP contribution is -1.94. The summed E-state index contributed by atoms with van der Waals surface area (Å²) in [5, 5.41) is 0. The highest BCUT2D eigenvalue weighted by Crippen LogP contribution is 2.26. The first-order valence-electron chi connectivity index (χ1n) is 5.41. The van der Waals surface area contributed by atoms with Crippen molar-refractivity contribution in [1.29, 1.82) is 0 Å². The number of hydrogen-bond acceptors (Lipinski definition) is 2. The fourth-order valence-corrected chi connectivity index (χ4v) is 1.11. The normalized spacial score (nSPS) is 11.2. The van der Waals surface area contributed by atoms with Crippen LogP contribution in [0.2, 0.25) is 0 Å². The minimum Gasteiger partial charge on any atom is -0.325 e. The average Bonchev–Trinajstić information content (AvgIpc) is 2.08. The Labute approximate surface area is 119 Å². The van der Waals surface area contributed by atoms with Gasteiger partial charge in [-0.1, -0.05) is 46.5 Å². The Bertz CT molecular complexity index is 224. The highest BCUT2D eigenvalue weighted by molar-refractivity contribution is 8.06. The Balaban J connectivity index is -0.000000197. The largest absolute Gasteiger partial charge is 0.325 e. The molecule has 114 valence electrons. The SMILES string of the molecule is CCCC(CC)CC.OP(O)(O)=S.OP(O)(O)=S. The molecule has 0 fully saturated rings. The van der Waals surface area contributed by atoms with Gasteiger partial charge >= 0.3 is 13.4 Å². The Morgan fingerprint density at radius 1 is 0.778 bits per heavy atom. The van der Waals surface area contributed by atoms with E-state index in [9.17, 15) is 0 Å². The maximum Gasteiger partial charge on any atom is 0.319 e. The van der Waals surface area contributed by atoms with E-state index in [-0.39, 0.29) is 0 Å². The predicted molar refractivity (Wildman–Crippen MR) is 80.9 cm³/mol. The molecule has 0 aromatic rings. The maximum atomic E-state index is 7.56. The van der Waals surface area contributed by atoms with Crippen molar-refractivity contribution in [2.75, 3.05) is 0 Å². The molecule has 0 bridgehead atoms. The molecule has 0 aliphatic heterocycles. The third-order valence-corrected chi connectivity index (χ3v) is 1.85. The Morgan fingerprint density at radius 3 is 1.06 bits per heavy atom. The van der Waals surface area contributed by atoms with Crippen LogP contribution in [0.25, 0.3) is 0 Å². The van der Waals surface area contributed by atoms with Crippen LogP contribution in [0, 0.1) is 5.92 Å². The molecule has 6 N–H and O–H groups in total. The fourth-order valence-electron chi connectivity index (χ4n) is 1.11. The lowest BCUT2D eigenvalue weighted by molar-refractivity contribution is 0.361. The van der Waals surface area contributed by atoms with Crippen molar-refractivity contribution in [3.63, 3.8) is 0 Å². The summed E-state index contributed by atoms with van der Waals surface area (Å²) in [7, 11) is 0. The molecule has 0 heterocycles. The van der Waals surface area contributed by atoms with E-state index in [0.717, 1.165) is 5.92 Å². The second-order valence-corrected chi connectivity index (χ2v) is 8.49. The quantitative estimate of drug-likeness (QED) is 0.426. The molecule has 0 amide bonds. The zero-order valence-corrected chi connectivity index (χ0v) is 14.2. The summed E-state index contributed by atoms with van der Waals surface area (Å²) in [5.41, 5.74) is 0. The molecule has 0 spiro atoms. The predicted octanol–water partition coefficient (Wildman–Crippen LogP) is 1.60. The van der Waals surface area contributed by atoms with E-state index < -0.39 is 13.4 Å². The molecule has 0 radical (unpaired) electrons. The second-order valence-electron chi connectivity index (χ2n) is 3.50. The van der Waals surface area contributed by atoms with E-state index >= 15 is 0 Å². The maximum absolute atomic E-state index is 7.56. The van der Waals surface area contributed by atoms with Crippen LogP contribution in [0.5, 0.6) is 0 Å². The molecule has 0 atom stereocenters. The molecule has 0 aromatic heterocycles. The van der Waals surface area contributed by atoms with Gasteiger partial charge in [0.2, 0.25) is 0 Å². The lowest BCUT2D eigenvalue weighted by Gasteiger charge is -2.08. The third kappa shape index (κ3) is 67.7. The summed E-state index contributed by atoms with van der Waals surface area (Å²) in [6.45, 7) is -0.786. The standard InChI is InChI=1S/C8H18.2H3O3PS/c1-4-7-8(5-2)6-3;2*1-4(2,3)5/h8H,4-7H2,1-3H3;2*(H3,1,2,3,5). The average molecular weight is 342 g/mol. The van der Waals surface area contributed by atoms with Gasteiger partial charge in [0.05, 0.1) is 0 Å². The molecule has 0 unspecified atom stereocenters. The van der Waals surface area contributed by atoms with Crippen molar-refractivity contribution >= 4 is 37.1 Å². The number of rotatable bonds is 4. The Hall–Kier alpha value is 1.06. The minimum absolute atomic E-state index is 1.000. The van der Waals surface area contributed by atoms with Gasteiger partial charge in [-0.2, -0.15) is 0 Å². The summed E-state index contributed by atoms with van der Waals surface area (Å²) in [6.07, 6.45) is 5.51. The van der Waals surface area contributed by atoms with E-state index in [1.54, 1.807) is 0 Å². The van der Waals surface area contributed by atoms with Gasteiger partial charge in [-0.05, 0) is 29.5 Å². The molecule has 6 nitrogen and oxygen atoms in total. The molecule has 0 aromatic carbocycles. The van der Waals surface area contributed by atoms with Crippen molar-refractivity contribution in [2.45, 2.75) is 46.5 Å². The van der Waals surface area contributed by atoms with E-state index in [1.807, 2.05) is 0 Å².